The summed E-state index contributed by atoms with van der Waals surface area (Å²) in [6, 6.07) is 17.3. The second-order valence-electron chi connectivity index (χ2n) is 9.63. The third kappa shape index (κ3) is 4.56. The van der Waals surface area contributed by atoms with Gasteiger partial charge in [0, 0.05) is 23.5 Å². The van der Waals surface area contributed by atoms with Crippen molar-refractivity contribution in [1.29, 1.82) is 0 Å². The van der Waals surface area contributed by atoms with Gasteiger partial charge in [0.05, 0.1) is 17.9 Å². The fraction of sp³-hybridized carbons (Fsp3) is 0.276. The summed E-state index contributed by atoms with van der Waals surface area (Å²) < 4.78 is 5.61. The maximum absolute atomic E-state index is 13.4. The predicted molar refractivity (Wildman–Crippen MR) is 137 cm³/mol. The maximum atomic E-state index is 13.4. The van der Waals surface area contributed by atoms with Crippen LogP contribution in [-0.2, 0) is 15.0 Å². The van der Waals surface area contributed by atoms with E-state index >= 15 is 0 Å². The summed E-state index contributed by atoms with van der Waals surface area (Å²) >= 11 is 0. The third-order valence-electron chi connectivity index (χ3n) is 6.18. The van der Waals surface area contributed by atoms with E-state index in [1.54, 1.807) is 48.7 Å². The Morgan fingerprint density at radius 2 is 1.83 bits per heavy atom. The Hall–Kier alpha value is -3.93. The van der Waals surface area contributed by atoms with Crippen LogP contribution in [0.25, 0.3) is 5.76 Å². The second kappa shape index (κ2) is 9.37. The van der Waals surface area contributed by atoms with Gasteiger partial charge in [0.2, 0.25) is 0 Å². The molecule has 3 aromatic rings. The summed E-state index contributed by atoms with van der Waals surface area (Å²) in [5, 5.41) is 11.5. The molecule has 2 aromatic carbocycles. The number of aryl methyl sites for hydroxylation is 1. The zero-order valence-corrected chi connectivity index (χ0v) is 20.7. The van der Waals surface area contributed by atoms with Crippen molar-refractivity contribution in [2.75, 3.05) is 11.5 Å². The molecule has 180 valence electrons. The van der Waals surface area contributed by atoms with Gasteiger partial charge >= 0.3 is 0 Å². The fourth-order valence-corrected chi connectivity index (χ4v) is 4.29. The Morgan fingerprint density at radius 3 is 2.49 bits per heavy atom. The van der Waals surface area contributed by atoms with Crippen molar-refractivity contribution in [2.45, 2.75) is 46.1 Å². The van der Waals surface area contributed by atoms with Crippen molar-refractivity contribution in [1.82, 2.24) is 4.98 Å². The van der Waals surface area contributed by atoms with Crippen LogP contribution < -0.4 is 9.64 Å². The summed E-state index contributed by atoms with van der Waals surface area (Å²) in [5.41, 5.74) is 3.18. The zero-order chi connectivity index (χ0) is 25.3. The molecule has 1 amide bonds. The number of carbonyl (C=O) groups excluding carboxylic acids is 2. The Balaban J connectivity index is 1.95. The van der Waals surface area contributed by atoms with Crippen LogP contribution in [0.5, 0.6) is 5.75 Å². The molecule has 6 heteroatoms. The summed E-state index contributed by atoms with van der Waals surface area (Å²) in [6.07, 6.45) is 1.61. The minimum Gasteiger partial charge on any atom is -0.507 e. The monoisotopic (exact) mass is 470 g/mol. The van der Waals surface area contributed by atoms with Crippen LogP contribution in [0, 0.1) is 6.92 Å². The van der Waals surface area contributed by atoms with Crippen LogP contribution in [0.2, 0.25) is 0 Å². The highest BCUT2D eigenvalue weighted by molar-refractivity contribution is 6.51. The van der Waals surface area contributed by atoms with Crippen LogP contribution >= 0.6 is 0 Å². The predicted octanol–water partition coefficient (Wildman–Crippen LogP) is 5.71. The Morgan fingerprint density at radius 1 is 1.06 bits per heavy atom. The first-order valence-corrected chi connectivity index (χ1v) is 11.7. The number of pyridine rings is 1. The number of hydrogen-bond donors (Lipinski definition) is 1. The fourth-order valence-electron chi connectivity index (χ4n) is 4.29. The number of aliphatic hydroxyl groups excluding tert-OH is 1. The van der Waals surface area contributed by atoms with E-state index in [1.165, 1.54) is 4.90 Å². The van der Waals surface area contributed by atoms with E-state index in [1.807, 2.05) is 32.0 Å². The average Bonchev–Trinajstić information content (AvgIpc) is 3.09. The number of carbonyl (C=O) groups is 2. The largest absolute Gasteiger partial charge is 0.507 e. The molecule has 2 heterocycles. The van der Waals surface area contributed by atoms with Crippen molar-refractivity contribution >= 4 is 23.1 Å². The number of hydrogen-bond acceptors (Lipinski definition) is 5. The molecule has 0 spiro atoms. The molecule has 4 rings (SSSR count). The number of ether oxygens (including phenoxy) is 1. The van der Waals surface area contributed by atoms with E-state index in [0.717, 1.165) is 11.1 Å². The quantitative estimate of drug-likeness (QED) is 0.293. The summed E-state index contributed by atoms with van der Waals surface area (Å²) in [7, 11) is 0. The van der Waals surface area contributed by atoms with Crippen molar-refractivity contribution in [3.8, 4) is 5.75 Å². The standard InChI is InChI=1S/C29H30N2O4/c1-6-35-21-11-9-10-20(17-21)31-25(23-12-7-8-15-30-23)24(27(33)28(31)34)26(32)22-16-19(29(3,4)5)14-13-18(22)2/h7-17,25,32H,6H2,1-5H3/b26-24+. The first kappa shape index (κ1) is 24.2. The van der Waals surface area contributed by atoms with Gasteiger partial charge in [-0.05, 0) is 60.7 Å². The Bertz CT molecular complexity index is 1310. The van der Waals surface area contributed by atoms with Gasteiger partial charge in [0.25, 0.3) is 11.7 Å². The second-order valence-corrected chi connectivity index (χ2v) is 9.63. The number of aliphatic hydroxyl groups is 1. The summed E-state index contributed by atoms with van der Waals surface area (Å²) in [5.74, 6) is -1.09. The number of ketones is 1. The van der Waals surface area contributed by atoms with Crippen molar-refractivity contribution in [3.05, 3.63) is 94.8 Å². The van der Waals surface area contributed by atoms with E-state index in [2.05, 4.69) is 25.8 Å². The number of Topliss-reactive ketones (excluding diaryl/α,β-unsaturated/α-hetero) is 1. The van der Waals surface area contributed by atoms with Gasteiger partial charge in [-0.3, -0.25) is 19.5 Å². The number of amides is 1. The van der Waals surface area contributed by atoms with E-state index in [0.29, 0.717) is 29.3 Å². The van der Waals surface area contributed by atoms with Crippen LogP contribution in [-0.4, -0.2) is 28.4 Å². The molecule has 1 aromatic heterocycles. The van der Waals surface area contributed by atoms with Crippen LogP contribution in [0.15, 0.2) is 72.4 Å². The van der Waals surface area contributed by atoms with Gasteiger partial charge in [0.1, 0.15) is 17.6 Å². The molecule has 0 saturated carbocycles. The molecule has 1 N–H and O–H groups in total. The molecule has 0 bridgehead atoms. The van der Waals surface area contributed by atoms with Gasteiger partial charge in [-0.2, -0.15) is 0 Å². The van der Waals surface area contributed by atoms with Crippen molar-refractivity contribution in [2.24, 2.45) is 0 Å². The smallest absolute Gasteiger partial charge is 0.300 e. The number of anilines is 1. The lowest BCUT2D eigenvalue weighted by Crippen LogP contribution is -2.29. The normalized spacial score (nSPS) is 17.6. The first-order chi connectivity index (χ1) is 16.6. The van der Waals surface area contributed by atoms with Gasteiger partial charge in [-0.25, -0.2) is 0 Å². The molecular weight excluding hydrogens is 440 g/mol. The van der Waals surface area contributed by atoms with Gasteiger partial charge < -0.3 is 9.84 Å². The third-order valence-corrected chi connectivity index (χ3v) is 6.18. The molecular formula is C29H30N2O4. The Labute approximate surface area is 205 Å². The lowest BCUT2D eigenvalue weighted by Gasteiger charge is -2.25. The van der Waals surface area contributed by atoms with E-state index in [4.69, 9.17) is 4.74 Å². The SMILES string of the molecule is CCOc1cccc(N2C(=O)C(=O)/C(=C(/O)c3cc(C(C)(C)C)ccc3C)C2c2ccccn2)c1. The topological polar surface area (TPSA) is 79.7 Å². The van der Waals surface area contributed by atoms with Gasteiger partial charge in [-0.15, -0.1) is 0 Å². The molecule has 6 nitrogen and oxygen atoms in total. The molecule has 1 saturated heterocycles. The molecule has 0 aliphatic carbocycles. The highest BCUT2D eigenvalue weighted by Gasteiger charge is 2.47. The molecule has 1 fully saturated rings. The molecule has 1 aliphatic heterocycles. The molecule has 1 aliphatic rings. The lowest BCUT2D eigenvalue weighted by molar-refractivity contribution is -0.132. The first-order valence-electron chi connectivity index (χ1n) is 11.7. The van der Waals surface area contributed by atoms with Gasteiger partial charge in [0.15, 0.2) is 0 Å². The summed E-state index contributed by atoms with van der Waals surface area (Å²) in [6.45, 7) is 10.5. The number of aromatic nitrogens is 1. The minimum absolute atomic E-state index is 0.0182. The average molecular weight is 471 g/mol. The van der Waals surface area contributed by atoms with Gasteiger partial charge in [-0.1, -0.05) is 45.0 Å². The van der Waals surface area contributed by atoms with Crippen LogP contribution in [0.1, 0.15) is 56.1 Å². The Kier molecular flexibility index (Phi) is 6.48. The lowest BCUT2D eigenvalue weighted by atomic mass is 9.84. The van der Waals surface area contributed by atoms with Crippen molar-refractivity contribution in [3.63, 3.8) is 0 Å². The maximum Gasteiger partial charge on any atom is 0.300 e. The number of nitrogens with zero attached hydrogens (tertiary/aromatic N) is 2. The van der Waals surface area contributed by atoms with Crippen LogP contribution in [0.4, 0.5) is 5.69 Å². The minimum atomic E-state index is -0.884. The molecule has 35 heavy (non-hydrogen) atoms. The zero-order valence-electron chi connectivity index (χ0n) is 20.7. The number of benzene rings is 2. The van der Waals surface area contributed by atoms with Crippen LogP contribution in [0.3, 0.4) is 0 Å². The highest BCUT2D eigenvalue weighted by atomic mass is 16.5. The molecule has 1 unspecified atom stereocenters. The van der Waals surface area contributed by atoms with Crippen molar-refractivity contribution < 1.29 is 19.4 Å². The van der Waals surface area contributed by atoms with E-state index in [9.17, 15) is 14.7 Å². The van der Waals surface area contributed by atoms with E-state index in [-0.39, 0.29) is 16.7 Å². The molecule has 0 radical (unpaired) electrons. The summed E-state index contributed by atoms with van der Waals surface area (Å²) in [4.78, 5) is 32.6. The molecule has 1 atom stereocenters. The highest BCUT2D eigenvalue weighted by Crippen LogP contribution is 2.42. The number of rotatable bonds is 5. The van der Waals surface area contributed by atoms with E-state index < -0.39 is 17.7 Å².